The fourth-order valence-corrected chi connectivity index (χ4v) is 2.34. The number of carbonyl (C=O) groups is 2. The Balaban J connectivity index is 1.56. The molecule has 0 unspecified atom stereocenters. The molecule has 1 aromatic heterocycles. The number of hydrogen-bond acceptors (Lipinski definition) is 5. The van der Waals surface area contributed by atoms with Crippen LogP contribution < -0.4 is 4.74 Å². The summed E-state index contributed by atoms with van der Waals surface area (Å²) in [5, 5.41) is 0. The largest absolute Gasteiger partial charge is 0.455 e. The molecule has 0 fully saturated rings. The van der Waals surface area contributed by atoms with Crippen LogP contribution in [-0.2, 0) is 11.3 Å². The van der Waals surface area contributed by atoms with Crippen LogP contribution in [-0.4, -0.2) is 11.9 Å². The number of para-hydroxylation sites is 1. The highest BCUT2D eigenvalue weighted by molar-refractivity contribution is 9.10. The molecule has 3 rings (SSSR count). The highest BCUT2D eigenvalue weighted by atomic mass is 79.9. The summed E-state index contributed by atoms with van der Waals surface area (Å²) in [5.74, 6) is -0.404. The van der Waals surface area contributed by atoms with Gasteiger partial charge in [-0.1, -0.05) is 30.3 Å². The zero-order valence-corrected chi connectivity index (χ0v) is 14.6. The molecule has 0 aliphatic heterocycles. The lowest BCUT2D eigenvalue weighted by Gasteiger charge is -2.06. The van der Waals surface area contributed by atoms with E-state index in [1.165, 1.54) is 6.07 Å². The molecule has 0 N–H and O–H groups in total. The number of ether oxygens (including phenoxy) is 2. The SMILES string of the molecule is O=C(Oc1ccccc1)c1ccc(COC(=O)c2ccc(Br)o2)cc1. The molecular weight excluding hydrogens is 388 g/mol. The van der Waals surface area contributed by atoms with Crippen LogP contribution in [0, 0.1) is 0 Å². The minimum atomic E-state index is -0.557. The highest BCUT2D eigenvalue weighted by Crippen LogP contribution is 2.16. The van der Waals surface area contributed by atoms with E-state index in [0.717, 1.165) is 5.56 Å². The quantitative estimate of drug-likeness (QED) is 0.461. The molecule has 25 heavy (non-hydrogen) atoms. The van der Waals surface area contributed by atoms with E-state index in [4.69, 9.17) is 13.9 Å². The summed E-state index contributed by atoms with van der Waals surface area (Å²) in [6.45, 7) is 0.0746. The smallest absolute Gasteiger partial charge is 0.374 e. The predicted molar refractivity (Wildman–Crippen MR) is 93.4 cm³/mol. The third-order valence-corrected chi connectivity index (χ3v) is 3.71. The van der Waals surface area contributed by atoms with Gasteiger partial charge in [0.15, 0.2) is 4.67 Å². The number of rotatable bonds is 5. The fourth-order valence-electron chi connectivity index (χ4n) is 2.04. The molecule has 0 saturated carbocycles. The van der Waals surface area contributed by atoms with Crippen LogP contribution in [0.4, 0.5) is 0 Å². The fraction of sp³-hybridized carbons (Fsp3) is 0.0526. The highest BCUT2D eigenvalue weighted by Gasteiger charge is 2.13. The van der Waals surface area contributed by atoms with Gasteiger partial charge in [0.05, 0.1) is 5.56 Å². The monoisotopic (exact) mass is 400 g/mol. The molecule has 126 valence electrons. The van der Waals surface area contributed by atoms with Crippen molar-refractivity contribution in [2.75, 3.05) is 0 Å². The second kappa shape index (κ2) is 7.81. The maximum Gasteiger partial charge on any atom is 0.374 e. The summed E-state index contributed by atoms with van der Waals surface area (Å²) in [5.41, 5.74) is 1.16. The van der Waals surface area contributed by atoms with Gasteiger partial charge in [0.1, 0.15) is 12.4 Å². The van der Waals surface area contributed by atoms with Crippen molar-refractivity contribution in [2.24, 2.45) is 0 Å². The van der Waals surface area contributed by atoms with Crippen molar-refractivity contribution in [3.05, 3.63) is 88.3 Å². The summed E-state index contributed by atoms with van der Waals surface area (Å²) < 4.78 is 16.0. The van der Waals surface area contributed by atoms with Gasteiger partial charge in [-0.15, -0.1) is 0 Å². The summed E-state index contributed by atoms with van der Waals surface area (Å²) in [7, 11) is 0. The van der Waals surface area contributed by atoms with Gasteiger partial charge in [-0.25, -0.2) is 9.59 Å². The second-order valence-corrected chi connectivity index (χ2v) is 5.86. The minimum absolute atomic E-state index is 0.0746. The van der Waals surface area contributed by atoms with E-state index >= 15 is 0 Å². The van der Waals surface area contributed by atoms with Crippen molar-refractivity contribution in [1.82, 2.24) is 0 Å². The van der Waals surface area contributed by atoms with Gasteiger partial charge < -0.3 is 13.9 Å². The maximum absolute atomic E-state index is 12.1. The molecule has 6 heteroatoms. The summed E-state index contributed by atoms with van der Waals surface area (Å²) in [6, 6.07) is 18.6. The Bertz CT molecular complexity index is 868. The van der Waals surface area contributed by atoms with Gasteiger partial charge in [0, 0.05) is 0 Å². The first-order valence-electron chi connectivity index (χ1n) is 7.40. The Hall–Kier alpha value is -2.86. The Labute approximate surface area is 152 Å². The van der Waals surface area contributed by atoms with Crippen molar-refractivity contribution in [2.45, 2.75) is 6.61 Å². The van der Waals surface area contributed by atoms with Crippen LogP contribution in [0.1, 0.15) is 26.5 Å². The summed E-state index contributed by atoms with van der Waals surface area (Å²) in [6.07, 6.45) is 0. The van der Waals surface area contributed by atoms with Gasteiger partial charge in [0.25, 0.3) is 0 Å². The Morgan fingerprint density at radius 3 is 2.24 bits per heavy atom. The van der Waals surface area contributed by atoms with Crippen molar-refractivity contribution >= 4 is 27.9 Å². The van der Waals surface area contributed by atoms with Crippen LogP contribution >= 0.6 is 15.9 Å². The normalized spacial score (nSPS) is 10.3. The third-order valence-electron chi connectivity index (χ3n) is 3.29. The summed E-state index contributed by atoms with van der Waals surface area (Å²) >= 11 is 3.12. The van der Waals surface area contributed by atoms with E-state index in [1.54, 1.807) is 54.6 Å². The number of halogens is 1. The molecule has 0 radical (unpaired) electrons. The molecule has 5 nitrogen and oxygen atoms in total. The second-order valence-electron chi connectivity index (χ2n) is 5.08. The number of hydrogen-bond donors (Lipinski definition) is 0. The van der Waals surface area contributed by atoms with Gasteiger partial charge in [-0.3, -0.25) is 0 Å². The topological polar surface area (TPSA) is 65.7 Å². The van der Waals surface area contributed by atoms with E-state index in [1.807, 2.05) is 6.07 Å². The standard InChI is InChI=1S/C19H13BrO5/c20-17-11-10-16(25-17)19(22)23-12-13-6-8-14(9-7-13)18(21)24-15-4-2-1-3-5-15/h1-11H,12H2. The lowest BCUT2D eigenvalue weighted by atomic mass is 10.1. The Morgan fingerprint density at radius 2 is 1.60 bits per heavy atom. The average Bonchev–Trinajstić information content (AvgIpc) is 3.07. The molecule has 0 bridgehead atoms. The van der Waals surface area contributed by atoms with E-state index in [0.29, 0.717) is 16.0 Å². The number of benzene rings is 2. The van der Waals surface area contributed by atoms with Crippen molar-refractivity contribution in [3.63, 3.8) is 0 Å². The lowest BCUT2D eigenvalue weighted by Crippen LogP contribution is -2.09. The molecule has 0 saturated heterocycles. The number of esters is 2. The van der Waals surface area contributed by atoms with Gasteiger partial charge >= 0.3 is 11.9 Å². The Morgan fingerprint density at radius 1 is 0.880 bits per heavy atom. The average molecular weight is 401 g/mol. The molecule has 2 aromatic carbocycles. The first-order chi connectivity index (χ1) is 12.1. The molecule has 0 aliphatic rings. The number of carbonyl (C=O) groups excluding carboxylic acids is 2. The zero-order chi connectivity index (χ0) is 17.6. The van der Waals surface area contributed by atoms with Crippen LogP contribution in [0.3, 0.4) is 0 Å². The van der Waals surface area contributed by atoms with Crippen molar-refractivity contribution in [1.29, 1.82) is 0 Å². The molecule has 0 atom stereocenters. The van der Waals surface area contributed by atoms with Gasteiger partial charge in [0.2, 0.25) is 5.76 Å². The van der Waals surface area contributed by atoms with E-state index < -0.39 is 11.9 Å². The Kier molecular flexibility index (Phi) is 5.30. The number of furan rings is 1. The lowest BCUT2D eigenvalue weighted by molar-refractivity contribution is 0.0434. The first kappa shape index (κ1) is 17.0. The first-order valence-corrected chi connectivity index (χ1v) is 8.20. The molecule has 0 spiro atoms. The van der Waals surface area contributed by atoms with Crippen LogP contribution in [0.5, 0.6) is 5.75 Å². The van der Waals surface area contributed by atoms with Crippen molar-refractivity contribution < 1.29 is 23.5 Å². The van der Waals surface area contributed by atoms with Crippen LogP contribution in [0.2, 0.25) is 0 Å². The molecule has 0 aliphatic carbocycles. The maximum atomic E-state index is 12.1. The van der Waals surface area contributed by atoms with Gasteiger partial charge in [-0.2, -0.15) is 0 Å². The van der Waals surface area contributed by atoms with Crippen molar-refractivity contribution in [3.8, 4) is 5.75 Å². The van der Waals surface area contributed by atoms with Crippen LogP contribution in [0.15, 0.2) is 75.8 Å². The van der Waals surface area contributed by atoms with E-state index in [-0.39, 0.29) is 12.4 Å². The van der Waals surface area contributed by atoms with Gasteiger partial charge in [-0.05, 0) is 57.9 Å². The summed E-state index contributed by atoms with van der Waals surface area (Å²) in [4.78, 5) is 23.9. The molecule has 1 heterocycles. The minimum Gasteiger partial charge on any atom is -0.455 e. The zero-order valence-electron chi connectivity index (χ0n) is 13.0. The van der Waals surface area contributed by atoms with Crippen LogP contribution in [0.25, 0.3) is 0 Å². The molecular formula is C19H13BrO5. The predicted octanol–water partition coefficient (Wildman–Crippen LogP) is 4.62. The van der Waals surface area contributed by atoms with E-state index in [2.05, 4.69) is 15.9 Å². The molecule has 3 aromatic rings. The molecule has 0 amide bonds. The third kappa shape index (κ3) is 4.58. The van der Waals surface area contributed by atoms with E-state index in [9.17, 15) is 9.59 Å².